The van der Waals surface area contributed by atoms with Gasteiger partial charge in [-0.25, -0.2) is 19.2 Å². The lowest BCUT2D eigenvalue weighted by molar-refractivity contribution is -0.118. The topological polar surface area (TPSA) is 121 Å². The number of halogens is 3. The second-order valence-electron chi connectivity index (χ2n) is 10.5. The van der Waals surface area contributed by atoms with E-state index in [9.17, 15) is 14.0 Å². The molecule has 0 fully saturated rings. The molecule has 2 atom stereocenters. The molecule has 0 radical (unpaired) electrons. The van der Waals surface area contributed by atoms with E-state index >= 15 is 0 Å². The van der Waals surface area contributed by atoms with Gasteiger partial charge in [-0.05, 0) is 23.8 Å². The fraction of sp³-hybridized carbons (Fsp3) is 0.276. The molecule has 0 saturated heterocycles. The van der Waals surface area contributed by atoms with Crippen LogP contribution in [0, 0.1) is 0 Å². The highest BCUT2D eigenvalue weighted by Gasteiger charge is 2.34. The van der Waals surface area contributed by atoms with Gasteiger partial charge in [0, 0.05) is 73.7 Å². The van der Waals surface area contributed by atoms with E-state index in [0.717, 1.165) is 11.3 Å². The van der Waals surface area contributed by atoms with Gasteiger partial charge in [-0.3, -0.25) is 14.8 Å². The number of anilines is 2. The quantitative estimate of drug-likeness (QED) is 0.205. The van der Waals surface area contributed by atoms with Crippen molar-refractivity contribution >= 4 is 68.3 Å². The van der Waals surface area contributed by atoms with Crippen molar-refractivity contribution in [3.05, 3.63) is 75.9 Å². The Labute approximate surface area is 265 Å². The first-order valence-electron chi connectivity index (χ1n) is 13.6. The number of likely N-dealkylation sites (N-methyl/N-ethyl adjacent to an activating group) is 2. The van der Waals surface area contributed by atoms with Gasteiger partial charge in [0.15, 0.2) is 11.2 Å². The van der Waals surface area contributed by atoms with E-state index in [1.54, 1.807) is 34.7 Å². The van der Waals surface area contributed by atoms with Crippen LogP contribution in [-0.2, 0) is 17.8 Å². The van der Waals surface area contributed by atoms with Crippen molar-refractivity contribution in [2.75, 3.05) is 37.4 Å². The number of carbonyl (C=O) groups excluding carboxylic acids is 1. The van der Waals surface area contributed by atoms with Crippen molar-refractivity contribution in [2.24, 2.45) is 0 Å². The zero-order chi connectivity index (χ0) is 31.1. The van der Waals surface area contributed by atoms with E-state index in [4.69, 9.17) is 33.4 Å². The zero-order valence-corrected chi connectivity index (χ0v) is 25.9. The summed E-state index contributed by atoms with van der Waals surface area (Å²) < 4.78 is 17.5. The zero-order valence-electron chi connectivity index (χ0n) is 23.6. The Hall–Kier alpha value is -4.20. The molecule has 5 aromatic rings. The third-order valence-corrected chi connectivity index (χ3v) is 9.03. The smallest absolute Gasteiger partial charge is 0.407 e. The molecule has 6 rings (SSSR count). The molecule has 1 aliphatic heterocycles. The van der Waals surface area contributed by atoms with Crippen molar-refractivity contribution in [1.82, 2.24) is 29.2 Å². The average molecular weight is 658 g/mol. The summed E-state index contributed by atoms with van der Waals surface area (Å²) >= 11 is 15.0. The highest BCUT2D eigenvalue weighted by atomic mass is 35.5. The monoisotopic (exact) mass is 656 g/mol. The molecule has 0 saturated carbocycles. The predicted octanol–water partition coefficient (Wildman–Crippen LogP) is 5.83. The Balaban J connectivity index is 1.34. The number of rotatable bonds is 9. The number of fused-ring (bicyclic) bond motifs is 2. The normalized spacial score (nSPS) is 14.9. The van der Waals surface area contributed by atoms with Gasteiger partial charge >= 0.3 is 6.09 Å². The van der Waals surface area contributed by atoms with Crippen LogP contribution >= 0.6 is 34.5 Å². The van der Waals surface area contributed by atoms with Crippen LogP contribution in [0.2, 0.25) is 10.0 Å². The van der Waals surface area contributed by atoms with E-state index < -0.39 is 24.2 Å². The van der Waals surface area contributed by atoms with E-state index in [1.165, 1.54) is 28.0 Å². The first-order chi connectivity index (χ1) is 21.1. The molecule has 15 heteroatoms. The molecule has 0 bridgehead atoms. The second kappa shape index (κ2) is 12.1. The first kappa shape index (κ1) is 29.9. The Morgan fingerprint density at radius 1 is 1.20 bits per heavy atom. The Kier molecular flexibility index (Phi) is 8.18. The van der Waals surface area contributed by atoms with Crippen LogP contribution in [0.4, 0.5) is 20.0 Å². The van der Waals surface area contributed by atoms with Gasteiger partial charge < -0.3 is 19.5 Å². The molecular formula is C29H27Cl2FN8O3S. The molecule has 1 aliphatic rings. The highest BCUT2D eigenvalue weighted by Crippen LogP contribution is 2.40. The summed E-state index contributed by atoms with van der Waals surface area (Å²) in [4.78, 5) is 36.6. The maximum Gasteiger partial charge on any atom is 0.407 e. The van der Waals surface area contributed by atoms with Gasteiger partial charge in [0.2, 0.25) is 0 Å². The summed E-state index contributed by atoms with van der Waals surface area (Å²) in [5.74, 6) is -0.432. The number of amides is 2. The second-order valence-corrected chi connectivity index (χ2v) is 12.2. The van der Waals surface area contributed by atoms with Crippen LogP contribution in [0.25, 0.3) is 22.0 Å². The number of benzene rings is 2. The van der Waals surface area contributed by atoms with Crippen LogP contribution in [0.1, 0.15) is 17.4 Å². The molecule has 4 heterocycles. The fourth-order valence-corrected chi connectivity index (χ4v) is 6.32. The van der Waals surface area contributed by atoms with Gasteiger partial charge in [0.25, 0.3) is 5.91 Å². The van der Waals surface area contributed by atoms with Gasteiger partial charge in [0.1, 0.15) is 11.7 Å². The molecule has 44 heavy (non-hydrogen) atoms. The van der Waals surface area contributed by atoms with E-state index in [0.29, 0.717) is 56.1 Å². The predicted molar refractivity (Wildman–Crippen MR) is 169 cm³/mol. The molecular weight excluding hydrogens is 630 g/mol. The van der Waals surface area contributed by atoms with Crippen molar-refractivity contribution in [3.8, 4) is 11.1 Å². The lowest BCUT2D eigenvalue weighted by Gasteiger charge is -2.22. The standard InChI is InChI=1S/C29H27Cl2FN8O3S/c1-37(8-9-38(2)29(42)43)18-5-3-16(4-6-18)19-12-21(30)20-14-40(36-24(20)23(19)31)26(27(41)35-28-33-7-10-44-28)25-22-11-17(32)13-39(22)15-34-25/h3-7,10,12,14-15,17,26H,8-9,11,13H2,1-2H3,(H,42,43)(H,33,35,41). The van der Waals surface area contributed by atoms with Gasteiger partial charge in [-0.15, -0.1) is 11.3 Å². The summed E-state index contributed by atoms with van der Waals surface area (Å²) in [7, 11) is 3.41. The SMILES string of the molecule is CN(CCN(C)c1ccc(-c2cc(Cl)c3cn(C(C(=O)Nc4nccs4)c4ncn5c4CC(F)C5)nc3c2Cl)cc1)C(=O)O. The maximum atomic E-state index is 14.3. The molecule has 2 N–H and O–H groups in total. The van der Waals surface area contributed by atoms with E-state index in [2.05, 4.69) is 15.3 Å². The molecule has 228 valence electrons. The maximum absolute atomic E-state index is 14.3. The minimum absolute atomic E-state index is 0.143. The highest BCUT2D eigenvalue weighted by molar-refractivity contribution is 7.13. The third kappa shape index (κ3) is 5.70. The van der Waals surface area contributed by atoms with E-state index in [1.807, 2.05) is 36.2 Å². The van der Waals surface area contributed by atoms with Gasteiger partial charge in [0.05, 0.1) is 28.6 Å². The summed E-state index contributed by atoms with van der Waals surface area (Å²) in [6.45, 7) is 1.05. The number of hydrogen-bond donors (Lipinski definition) is 2. The lowest BCUT2D eigenvalue weighted by atomic mass is 10.0. The number of thiazole rings is 1. The number of carbonyl (C=O) groups is 2. The number of aromatic nitrogens is 5. The van der Waals surface area contributed by atoms with Crippen molar-refractivity contribution < 1.29 is 19.1 Å². The van der Waals surface area contributed by atoms with Gasteiger partial charge in [-0.2, -0.15) is 5.10 Å². The minimum atomic E-state index is -1.06. The largest absolute Gasteiger partial charge is 0.465 e. The van der Waals surface area contributed by atoms with Crippen molar-refractivity contribution in [2.45, 2.75) is 25.2 Å². The molecule has 2 amide bonds. The van der Waals surface area contributed by atoms with Crippen LogP contribution in [0.15, 0.2) is 54.4 Å². The number of alkyl halides is 1. The van der Waals surface area contributed by atoms with Crippen molar-refractivity contribution in [3.63, 3.8) is 0 Å². The first-order valence-corrected chi connectivity index (χ1v) is 15.2. The Bertz CT molecular complexity index is 1840. The summed E-state index contributed by atoms with van der Waals surface area (Å²) in [6, 6.07) is 8.36. The summed E-state index contributed by atoms with van der Waals surface area (Å²) in [5, 5.41) is 20.1. The van der Waals surface area contributed by atoms with Crippen LogP contribution in [-0.4, -0.2) is 79.7 Å². The van der Waals surface area contributed by atoms with E-state index in [-0.39, 0.29) is 13.0 Å². The van der Waals surface area contributed by atoms with Crippen LogP contribution in [0.3, 0.4) is 0 Å². The number of hydrogen-bond acceptors (Lipinski definition) is 7. The molecule has 2 unspecified atom stereocenters. The Morgan fingerprint density at radius 2 is 1.98 bits per heavy atom. The van der Waals surface area contributed by atoms with Gasteiger partial charge in [-0.1, -0.05) is 35.3 Å². The third-order valence-electron chi connectivity index (χ3n) is 7.64. The fourth-order valence-electron chi connectivity index (χ4n) is 5.23. The van der Waals surface area contributed by atoms with Crippen LogP contribution in [0.5, 0.6) is 0 Å². The minimum Gasteiger partial charge on any atom is -0.465 e. The molecule has 3 aromatic heterocycles. The summed E-state index contributed by atoms with van der Waals surface area (Å²) in [6.07, 6.45) is 2.88. The molecule has 11 nitrogen and oxygen atoms in total. The van der Waals surface area contributed by atoms with Crippen molar-refractivity contribution in [1.29, 1.82) is 0 Å². The average Bonchev–Trinajstić information content (AvgIpc) is 3.80. The number of carboxylic acid groups (broad SMARTS) is 1. The lowest BCUT2D eigenvalue weighted by Crippen LogP contribution is -2.33. The molecule has 2 aromatic carbocycles. The number of nitrogens with one attached hydrogen (secondary N) is 1. The number of imidazole rings is 1. The summed E-state index contributed by atoms with van der Waals surface area (Å²) in [5.41, 5.74) is 3.78. The number of nitrogens with zero attached hydrogens (tertiary/aromatic N) is 7. The molecule has 0 spiro atoms. The Morgan fingerprint density at radius 3 is 2.68 bits per heavy atom. The van der Waals surface area contributed by atoms with Crippen LogP contribution < -0.4 is 10.2 Å². The molecule has 0 aliphatic carbocycles.